The molecule has 1 aromatic rings. The fraction of sp³-hybridized carbons (Fsp3) is 0.556. The van der Waals surface area contributed by atoms with Gasteiger partial charge in [-0.3, -0.25) is 0 Å². The first-order chi connectivity index (χ1) is 8.37. The van der Waals surface area contributed by atoms with E-state index >= 15 is 0 Å². The minimum Gasteiger partial charge on any atom is -0.467 e. The van der Waals surface area contributed by atoms with Gasteiger partial charge in [0.05, 0.1) is 13.3 Å². The molecule has 102 valence electrons. The fourth-order valence-corrected chi connectivity index (χ4v) is 1.66. The van der Waals surface area contributed by atoms with Gasteiger partial charge in [0.25, 0.3) is 0 Å². The standard InChI is InChI=1S/C9H10Cl2F3N3O/c1-18-8-15-4-6(11)7(16-8)17(3-2-10)5-9(12,13)14/h4H,2-3,5H2,1H3. The molecule has 0 bridgehead atoms. The van der Waals surface area contributed by atoms with Crippen molar-refractivity contribution in [1.29, 1.82) is 0 Å². The lowest BCUT2D eigenvalue weighted by atomic mass is 10.4. The van der Waals surface area contributed by atoms with E-state index < -0.39 is 12.7 Å². The summed E-state index contributed by atoms with van der Waals surface area (Å²) in [5.74, 6) is -0.0415. The maximum atomic E-state index is 12.4. The van der Waals surface area contributed by atoms with Gasteiger partial charge in [-0.15, -0.1) is 11.6 Å². The largest absolute Gasteiger partial charge is 0.467 e. The van der Waals surface area contributed by atoms with Crippen LogP contribution in [0.1, 0.15) is 0 Å². The van der Waals surface area contributed by atoms with E-state index in [0.29, 0.717) is 0 Å². The van der Waals surface area contributed by atoms with Gasteiger partial charge < -0.3 is 9.64 Å². The molecule has 0 unspecified atom stereocenters. The Hall–Kier alpha value is -0.950. The van der Waals surface area contributed by atoms with Gasteiger partial charge in [-0.2, -0.15) is 18.2 Å². The van der Waals surface area contributed by atoms with E-state index in [1.54, 1.807) is 0 Å². The summed E-state index contributed by atoms with van der Waals surface area (Å²) in [5.41, 5.74) is 0. The molecule has 0 saturated carbocycles. The molecule has 1 heterocycles. The Morgan fingerprint density at radius 1 is 1.44 bits per heavy atom. The van der Waals surface area contributed by atoms with Gasteiger partial charge in [0.15, 0.2) is 5.82 Å². The lowest BCUT2D eigenvalue weighted by Gasteiger charge is -2.24. The zero-order valence-electron chi connectivity index (χ0n) is 9.34. The van der Waals surface area contributed by atoms with E-state index in [9.17, 15) is 13.2 Å². The third-order valence-electron chi connectivity index (χ3n) is 1.91. The van der Waals surface area contributed by atoms with Crippen molar-refractivity contribution in [2.24, 2.45) is 0 Å². The van der Waals surface area contributed by atoms with Crippen LogP contribution < -0.4 is 9.64 Å². The average Bonchev–Trinajstić information content (AvgIpc) is 2.27. The van der Waals surface area contributed by atoms with Crippen LogP contribution in [-0.2, 0) is 0 Å². The molecule has 0 aliphatic heterocycles. The van der Waals surface area contributed by atoms with E-state index in [0.717, 1.165) is 4.90 Å². The third-order valence-corrected chi connectivity index (χ3v) is 2.35. The number of hydrogen-bond acceptors (Lipinski definition) is 4. The second-order valence-corrected chi connectivity index (χ2v) is 4.04. The molecule has 18 heavy (non-hydrogen) atoms. The molecule has 0 fully saturated rings. The van der Waals surface area contributed by atoms with E-state index in [-0.39, 0.29) is 29.3 Å². The lowest BCUT2D eigenvalue weighted by Crippen LogP contribution is -2.36. The van der Waals surface area contributed by atoms with E-state index in [1.165, 1.54) is 13.3 Å². The Bertz CT molecular complexity index is 403. The number of halogens is 5. The summed E-state index contributed by atoms with van der Waals surface area (Å²) in [5, 5.41) is 0.00478. The highest BCUT2D eigenvalue weighted by Gasteiger charge is 2.32. The van der Waals surface area contributed by atoms with Crippen LogP contribution >= 0.6 is 23.2 Å². The van der Waals surface area contributed by atoms with Crippen LogP contribution in [0, 0.1) is 0 Å². The molecule has 0 aliphatic rings. The molecular weight excluding hydrogens is 294 g/mol. The zero-order chi connectivity index (χ0) is 13.8. The first kappa shape index (κ1) is 15.1. The summed E-state index contributed by atoms with van der Waals surface area (Å²) in [6.45, 7) is -1.24. The Labute approximate surface area is 112 Å². The van der Waals surface area contributed by atoms with Gasteiger partial charge in [-0.1, -0.05) is 11.6 Å². The van der Waals surface area contributed by atoms with Gasteiger partial charge in [0.2, 0.25) is 0 Å². The van der Waals surface area contributed by atoms with Gasteiger partial charge in [0.1, 0.15) is 11.6 Å². The van der Waals surface area contributed by atoms with Crippen LogP contribution in [0.2, 0.25) is 5.02 Å². The SMILES string of the molecule is COc1ncc(Cl)c(N(CCCl)CC(F)(F)F)n1. The number of methoxy groups -OCH3 is 1. The monoisotopic (exact) mass is 303 g/mol. The van der Waals surface area contributed by atoms with Crippen LogP contribution in [-0.4, -0.2) is 42.2 Å². The molecule has 9 heteroatoms. The number of rotatable bonds is 5. The molecule has 1 aromatic heterocycles. The summed E-state index contributed by atoms with van der Waals surface area (Å²) in [6.07, 6.45) is -3.20. The Balaban J connectivity index is 3.04. The summed E-state index contributed by atoms with van der Waals surface area (Å²) in [4.78, 5) is 8.42. The number of aromatic nitrogens is 2. The molecule has 0 spiro atoms. The van der Waals surface area contributed by atoms with Crippen LogP contribution in [0.5, 0.6) is 6.01 Å². The quantitative estimate of drug-likeness (QED) is 0.784. The number of anilines is 1. The molecule has 0 amide bonds. The van der Waals surface area contributed by atoms with Gasteiger partial charge in [0, 0.05) is 12.4 Å². The van der Waals surface area contributed by atoms with Crippen molar-refractivity contribution in [3.8, 4) is 6.01 Å². The Morgan fingerprint density at radius 3 is 2.61 bits per heavy atom. The lowest BCUT2D eigenvalue weighted by molar-refractivity contribution is -0.119. The van der Waals surface area contributed by atoms with Crippen molar-refractivity contribution in [3.05, 3.63) is 11.2 Å². The van der Waals surface area contributed by atoms with Gasteiger partial charge in [-0.25, -0.2) is 4.98 Å². The zero-order valence-corrected chi connectivity index (χ0v) is 10.9. The highest BCUT2D eigenvalue weighted by molar-refractivity contribution is 6.32. The van der Waals surface area contributed by atoms with E-state index in [2.05, 4.69) is 9.97 Å². The number of alkyl halides is 4. The van der Waals surface area contributed by atoms with Crippen LogP contribution in [0.4, 0.5) is 19.0 Å². The predicted octanol–water partition coefficient (Wildman–Crippen LogP) is 2.75. The third kappa shape index (κ3) is 4.38. The molecule has 0 saturated heterocycles. The summed E-state index contributed by atoms with van der Waals surface area (Å²) >= 11 is 11.3. The number of hydrogen-bond donors (Lipinski definition) is 0. The minimum absolute atomic E-state index is 0.00478. The molecule has 0 aliphatic carbocycles. The summed E-state index contributed by atoms with van der Waals surface area (Å²) in [6, 6.07) is -0.0591. The second kappa shape index (κ2) is 6.29. The van der Waals surface area contributed by atoms with E-state index in [4.69, 9.17) is 27.9 Å². The maximum absolute atomic E-state index is 12.4. The smallest absolute Gasteiger partial charge is 0.405 e. The number of nitrogens with zero attached hydrogens (tertiary/aromatic N) is 3. The summed E-state index contributed by atoms with van der Waals surface area (Å²) < 4.78 is 42.0. The molecule has 1 rings (SSSR count). The normalized spacial score (nSPS) is 11.4. The maximum Gasteiger partial charge on any atom is 0.405 e. The first-order valence-electron chi connectivity index (χ1n) is 4.81. The molecule has 0 N–H and O–H groups in total. The Morgan fingerprint density at radius 2 is 2.11 bits per heavy atom. The average molecular weight is 304 g/mol. The van der Waals surface area contributed by atoms with Crippen LogP contribution in [0.15, 0.2) is 6.20 Å². The topological polar surface area (TPSA) is 38.2 Å². The molecule has 0 aromatic carbocycles. The first-order valence-corrected chi connectivity index (χ1v) is 5.73. The highest BCUT2D eigenvalue weighted by atomic mass is 35.5. The molecule has 0 atom stereocenters. The van der Waals surface area contributed by atoms with Crippen LogP contribution in [0.3, 0.4) is 0 Å². The van der Waals surface area contributed by atoms with Crippen molar-refractivity contribution < 1.29 is 17.9 Å². The van der Waals surface area contributed by atoms with Crippen molar-refractivity contribution >= 4 is 29.0 Å². The van der Waals surface area contributed by atoms with Gasteiger partial charge in [-0.05, 0) is 0 Å². The predicted molar refractivity (Wildman–Crippen MR) is 62.6 cm³/mol. The molecular formula is C9H10Cl2F3N3O. The van der Waals surface area contributed by atoms with Crippen molar-refractivity contribution in [2.75, 3.05) is 31.0 Å². The number of ether oxygens (including phenoxy) is 1. The van der Waals surface area contributed by atoms with Crippen molar-refractivity contribution in [1.82, 2.24) is 9.97 Å². The molecule has 0 radical (unpaired) electrons. The van der Waals surface area contributed by atoms with Crippen molar-refractivity contribution in [3.63, 3.8) is 0 Å². The van der Waals surface area contributed by atoms with Gasteiger partial charge >= 0.3 is 12.2 Å². The molecule has 4 nitrogen and oxygen atoms in total. The minimum atomic E-state index is -4.38. The second-order valence-electron chi connectivity index (χ2n) is 3.25. The highest BCUT2D eigenvalue weighted by Crippen LogP contribution is 2.27. The fourth-order valence-electron chi connectivity index (χ4n) is 1.24. The van der Waals surface area contributed by atoms with Crippen molar-refractivity contribution in [2.45, 2.75) is 6.18 Å². The van der Waals surface area contributed by atoms with E-state index in [1.807, 2.05) is 0 Å². The Kier molecular flexibility index (Phi) is 5.28. The van der Waals surface area contributed by atoms with Crippen LogP contribution in [0.25, 0.3) is 0 Å². The summed E-state index contributed by atoms with van der Waals surface area (Å²) in [7, 11) is 1.31.